The van der Waals surface area contributed by atoms with Gasteiger partial charge in [0, 0.05) is 6.42 Å². The van der Waals surface area contributed by atoms with Crippen LogP contribution in [0.1, 0.15) is 32.3 Å². The molecule has 1 aromatic rings. The standard InChI is InChI=1S/C14H17Cl2NO3/c1-14(2,13(19)20)17-12(18)5-3-4-9-6-7-10(15)11(16)8-9/h6-8H,3-5H2,1-2H3,(H,17,18)(H,19,20). The molecule has 0 radical (unpaired) electrons. The zero-order valence-corrected chi connectivity index (χ0v) is 12.9. The zero-order chi connectivity index (χ0) is 15.3. The number of carbonyl (C=O) groups is 2. The lowest BCUT2D eigenvalue weighted by atomic mass is 10.0. The molecule has 0 saturated heterocycles. The van der Waals surface area contributed by atoms with E-state index in [0.717, 1.165) is 5.56 Å². The van der Waals surface area contributed by atoms with Crippen molar-refractivity contribution in [3.8, 4) is 0 Å². The van der Waals surface area contributed by atoms with Crippen molar-refractivity contribution in [1.29, 1.82) is 0 Å². The first-order valence-corrected chi connectivity index (χ1v) is 6.96. The van der Waals surface area contributed by atoms with E-state index in [9.17, 15) is 9.59 Å². The molecule has 0 atom stereocenters. The summed E-state index contributed by atoms with van der Waals surface area (Å²) in [6.07, 6.45) is 1.55. The van der Waals surface area contributed by atoms with Crippen molar-refractivity contribution < 1.29 is 14.7 Å². The number of aliphatic carboxylic acids is 1. The van der Waals surface area contributed by atoms with E-state index in [1.165, 1.54) is 13.8 Å². The molecule has 0 fully saturated rings. The summed E-state index contributed by atoms with van der Waals surface area (Å²) in [6, 6.07) is 5.34. The molecule has 0 aliphatic heterocycles. The summed E-state index contributed by atoms with van der Waals surface area (Å²) in [6.45, 7) is 2.90. The summed E-state index contributed by atoms with van der Waals surface area (Å²) in [5.41, 5.74) is -0.259. The maximum atomic E-state index is 11.7. The SMILES string of the molecule is CC(C)(NC(=O)CCCc1ccc(Cl)c(Cl)c1)C(=O)O. The second kappa shape index (κ2) is 6.95. The number of aryl methyl sites for hydroxylation is 1. The number of carboxylic acids is 1. The van der Waals surface area contributed by atoms with Crippen molar-refractivity contribution in [3.05, 3.63) is 33.8 Å². The Kier molecular flexibility index (Phi) is 5.84. The molecule has 110 valence electrons. The Morgan fingerprint density at radius 3 is 2.45 bits per heavy atom. The molecular weight excluding hydrogens is 301 g/mol. The molecule has 0 unspecified atom stereocenters. The first kappa shape index (κ1) is 16.8. The highest BCUT2D eigenvalue weighted by Gasteiger charge is 2.28. The van der Waals surface area contributed by atoms with Gasteiger partial charge in [0.05, 0.1) is 10.0 Å². The monoisotopic (exact) mass is 317 g/mol. The fraction of sp³-hybridized carbons (Fsp3) is 0.429. The smallest absolute Gasteiger partial charge is 0.328 e. The van der Waals surface area contributed by atoms with E-state index in [2.05, 4.69) is 5.32 Å². The van der Waals surface area contributed by atoms with Crippen LogP contribution in [0.5, 0.6) is 0 Å². The highest BCUT2D eigenvalue weighted by molar-refractivity contribution is 6.42. The molecule has 0 bridgehead atoms. The van der Waals surface area contributed by atoms with Gasteiger partial charge in [-0.15, -0.1) is 0 Å². The summed E-state index contributed by atoms with van der Waals surface area (Å²) in [7, 11) is 0. The maximum Gasteiger partial charge on any atom is 0.328 e. The molecule has 1 rings (SSSR count). The summed E-state index contributed by atoms with van der Waals surface area (Å²) >= 11 is 11.7. The van der Waals surface area contributed by atoms with Crippen molar-refractivity contribution in [2.24, 2.45) is 0 Å². The minimum absolute atomic E-state index is 0.261. The molecule has 0 saturated carbocycles. The van der Waals surface area contributed by atoms with Gasteiger partial charge in [-0.2, -0.15) is 0 Å². The molecule has 20 heavy (non-hydrogen) atoms. The van der Waals surface area contributed by atoms with Gasteiger partial charge in [0.25, 0.3) is 0 Å². The van der Waals surface area contributed by atoms with Crippen molar-refractivity contribution >= 4 is 35.1 Å². The van der Waals surface area contributed by atoms with Crippen molar-refractivity contribution in [3.63, 3.8) is 0 Å². The first-order valence-electron chi connectivity index (χ1n) is 6.20. The number of benzene rings is 1. The van der Waals surface area contributed by atoms with Gasteiger partial charge in [0.1, 0.15) is 5.54 Å². The van der Waals surface area contributed by atoms with Gasteiger partial charge in [-0.25, -0.2) is 4.79 Å². The average Bonchev–Trinajstić information content (AvgIpc) is 2.33. The Hall–Kier alpha value is -1.26. The third-order valence-electron chi connectivity index (χ3n) is 2.84. The number of carboxylic acid groups (broad SMARTS) is 1. The number of halogens is 2. The summed E-state index contributed by atoms with van der Waals surface area (Å²) in [5.74, 6) is -1.34. The lowest BCUT2D eigenvalue weighted by Crippen LogP contribution is -2.49. The van der Waals surface area contributed by atoms with Crippen LogP contribution >= 0.6 is 23.2 Å². The third-order valence-corrected chi connectivity index (χ3v) is 3.58. The van der Waals surface area contributed by atoms with E-state index in [1.807, 2.05) is 6.07 Å². The molecule has 0 spiro atoms. The zero-order valence-electron chi connectivity index (χ0n) is 11.4. The predicted molar refractivity (Wildman–Crippen MR) is 79.3 cm³/mol. The quantitative estimate of drug-likeness (QED) is 0.846. The number of carbonyl (C=O) groups excluding carboxylic acids is 1. The van der Waals surface area contributed by atoms with Crippen LogP contribution in [0.25, 0.3) is 0 Å². The van der Waals surface area contributed by atoms with Crippen molar-refractivity contribution in [2.45, 2.75) is 38.6 Å². The van der Waals surface area contributed by atoms with Crippen LogP contribution in [-0.2, 0) is 16.0 Å². The van der Waals surface area contributed by atoms with E-state index >= 15 is 0 Å². The van der Waals surface area contributed by atoms with Crippen molar-refractivity contribution in [2.75, 3.05) is 0 Å². The number of rotatable bonds is 6. The Morgan fingerprint density at radius 1 is 1.25 bits per heavy atom. The Bertz CT molecular complexity index is 515. The second-order valence-electron chi connectivity index (χ2n) is 5.08. The lowest BCUT2D eigenvalue weighted by molar-refractivity contribution is -0.146. The second-order valence-corrected chi connectivity index (χ2v) is 5.89. The summed E-state index contributed by atoms with van der Waals surface area (Å²) in [5, 5.41) is 12.4. The highest BCUT2D eigenvalue weighted by Crippen LogP contribution is 2.23. The van der Waals surface area contributed by atoms with Crippen LogP contribution in [0.3, 0.4) is 0 Å². The van der Waals surface area contributed by atoms with Gasteiger partial charge in [0.2, 0.25) is 5.91 Å². The van der Waals surface area contributed by atoms with Crippen molar-refractivity contribution in [1.82, 2.24) is 5.32 Å². The van der Waals surface area contributed by atoms with Gasteiger partial charge in [-0.05, 0) is 44.4 Å². The number of hydrogen-bond acceptors (Lipinski definition) is 2. The fourth-order valence-electron chi connectivity index (χ4n) is 1.61. The molecule has 0 aliphatic rings. The van der Waals surface area contributed by atoms with Crippen LogP contribution in [0.15, 0.2) is 18.2 Å². The molecule has 0 aliphatic carbocycles. The van der Waals surface area contributed by atoms with Gasteiger partial charge in [-0.3, -0.25) is 4.79 Å². The topological polar surface area (TPSA) is 66.4 Å². The van der Waals surface area contributed by atoms with E-state index < -0.39 is 11.5 Å². The summed E-state index contributed by atoms with van der Waals surface area (Å²) < 4.78 is 0. The Labute approximate surface area is 128 Å². The fourth-order valence-corrected chi connectivity index (χ4v) is 1.93. The number of amides is 1. The normalized spacial score (nSPS) is 11.2. The largest absolute Gasteiger partial charge is 0.480 e. The Morgan fingerprint density at radius 2 is 1.90 bits per heavy atom. The van der Waals surface area contributed by atoms with Gasteiger partial charge in [0.15, 0.2) is 0 Å². The number of nitrogens with one attached hydrogen (secondary N) is 1. The molecule has 0 aromatic heterocycles. The average molecular weight is 318 g/mol. The predicted octanol–water partition coefficient (Wildman–Crippen LogP) is 3.30. The molecule has 4 nitrogen and oxygen atoms in total. The van der Waals surface area contributed by atoms with Gasteiger partial charge >= 0.3 is 5.97 Å². The molecule has 2 N–H and O–H groups in total. The highest BCUT2D eigenvalue weighted by atomic mass is 35.5. The molecule has 1 amide bonds. The molecular formula is C14H17Cl2NO3. The Balaban J connectivity index is 2.42. The lowest BCUT2D eigenvalue weighted by Gasteiger charge is -2.20. The minimum Gasteiger partial charge on any atom is -0.480 e. The first-order chi connectivity index (χ1) is 9.22. The molecule has 1 aromatic carbocycles. The van der Waals surface area contributed by atoms with E-state index in [0.29, 0.717) is 22.9 Å². The van der Waals surface area contributed by atoms with Crippen LogP contribution in [0.2, 0.25) is 10.0 Å². The van der Waals surface area contributed by atoms with Crippen LogP contribution < -0.4 is 5.32 Å². The third kappa shape index (κ3) is 5.02. The maximum absolute atomic E-state index is 11.7. The van der Waals surface area contributed by atoms with Gasteiger partial charge < -0.3 is 10.4 Å². The van der Waals surface area contributed by atoms with Crippen LogP contribution in [0, 0.1) is 0 Å². The minimum atomic E-state index is -1.25. The number of hydrogen-bond donors (Lipinski definition) is 2. The van der Waals surface area contributed by atoms with E-state index in [1.54, 1.807) is 12.1 Å². The van der Waals surface area contributed by atoms with E-state index in [-0.39, 0.29) is 12.3 Å². The van der Waals surface area contributed by atoms with Gasteiger partial charge in [-0.1, -0.05) is 29.3 Å². The van der Waals surface area contributed by atoms with Crippen LogP contribution in [-0.4, -0.2) is 22.5 Å². The molecule has 0 heterocycles. The summed E-state index contributed by atoms with van der Waals surface area (Å²) in [4.78, 5) is 22.5. The molecule has 6 heteroatoms. The van der Waals surface area contributed by atoms with Crippen LogP contribution in [0.4, 0.5) is 0 Å². The van der Waals surface area contributed by atoms with E-state index in [4.69, 9.17) is 28.3 Å².